The van der Waals surface area contributed by atoms with Gasteiger partial charge in [0.2, 0.25) is 12.2 Å². The maximum atomic E-state index is 10.3. The van der Waals surface area contributed by atoms with Crippen molar-refractivity contribution in [3.05, 3.63) is 0 Å². The summed E-state index contributed by atoms with van der Waals surface area (Å²) in [5.74, 6) is 0. The minimum absolute atomic E-state index is 0.0694. The molecule has 4 heteroatoms. The lowest BCUT2D eigenvalue weighted by molar-refractivity contribution is 0.262. The molecule has 0 aliphatic heterocycles. The summed E-state index contributed by atoms with van der Waals surface area (Å²) in [6, 6.07) is 0. The number of carbonyl (C=O) groups excluding carboxylic acids is 2. The summed E-state index contributed by atoms with van der Waals surface area (Å²) in [4.78, 5) is 27.6. The van der Waals surface area contributed by atoms with Crippen LogP contribution in [0.1, 0.15) is 40.5 Å². The van der Waals surface area contributed by atoms with E-state index in [0.29, 0.717) is 13.0 Å². The second-order valence-corrected chi connectivity index (χ2v) is 5.16. The van der Waals surface area contributed by atoms with Gasteiger partial charge in [0.25, 0.3) is 0 Å². The van der Waals surface area contributed by atoms with E-state index in [1.807, 2.05) is 6.92 Å². The molecule has 1 unspecified atom stereocenters. The Hall–Kier alpha value is -1.24. The summed E-state index contributed by atoms with van der Waals surface area (Å²) in [5.41, 5.74) is -0.416. The van der Waals surface area contributed by atoms with Gasteiger partial charge in [0.05, 0.1) is 12.1 Å². The number of aliphatic imine (C=N–C) groups is 2. The molecule has 0 fully saturated rings. The van der Waals surface area contributed by atoms with Gasteiger partial charge in [-0.05, 0) is 25.2 Å². The highest BCUT2D eigenvalue weighted by Gasteiger charge is 2.29. The molecule has 0 spiro atoms. The molecular formula is C11H18N2O2. The Morgan fingerprint density at radius 3 is 2.07 bits per heavy atom. The fourth-order valence-electron chi connectivity index (χ4n) is 1.78. The number of isocyanates is 2. The van der Waals surface area contributed by atoms with E-state index in [1.165, 1.54) is 6.08 Å². The van der Waals surface area contributed by atoms with E-state index in [2.05, 4.69) is 30.8 Å². The van der Waals surface area contributed by atoms with Gasteiger partial charge in [-0.2, -0.15) is 4.99 Å². The first-order valence-corrected chi connectivity index (χ1v) is 4.96. The summed E-state index contributed by atoms with van der Waals surface area (Å²) in [6.07, 6.45) is 4.39. The molecule has 0 saturated carbocycles. The maximum absolute atomic E-state index is 10.3. The summed E-state index contributed by atoms with van der Waals surface area (Å²) < 4.78 is 0. The maximum Gasteiger partial charge on any atom is 0.235 e. The number of hydrogen-bond acceptors (Lipinski definition) is 4. The largest absolute Gasteiger partial charge is 0.235 e. The highest BCUT2D eigenvalue weighted by molar-refractivity contribution is 5.35. The molecule has 84 valence electrons. The Bertz CT molecular complexity index is 294. The smallest absolute Gasteiger partial charge is 0.211 e. The molecule has 0 saturated heterocycles. The Labute approximate surface area is 90.5 Å². The van der Waals surface area contributed by atoms with Gasteiger partial charge < -0.3 is 0 Å². The molecule has 0 rings (SSSR count). The normalized spacial score (nSPS) is 14.7. The fraction of sp³-hybridized carbons (Fsp3) is 0.818. The Balaban J connectivity index is 4.58. The van der Waals surface area contributed by atoms with E-state index in [1.54, 1.807) is 6.08 Å². The third-order valence-corrected chi connectivity index (χ3v) is 2.05. The van der Waals surface area contributed by atoms with Crippen molar-refractivity contribution in [2.75, 3.05) is 6.54 Å². The van der Waals surface area contributed by atoms with Crippen LogP contribution in [0.25, 0.3) is 0 Å². The van der Waals surface area contributed by atoms with Crippen LogP contribution in [0.4, 0.5) is 0 Å². The van der Waals surface area contributed by atoms with E-state index in [9.17, 15) is 9.59 Å². The van der Waals surface area contributed by atoms with E-state index < -0.39 is 5.54 Å². The molecule has 0 aromatic heterocycles. The number of rotatable bonds is 5. The summed E-state index contributed by atoms with van der Waals surface area (Å²) >= 11 is 0. The van der Waals surface area contributed by atoms with Crippen molar-refractivity contribution in [3.8, 4) is 0 Å². The second kappa shape index (κ2) is 5.59. The molecule has 1 atom stereocenters. The van der Waals surface area contributed by atoms with Gasteiger partial charge in [-0.15, -0.1) is 0 Å². The third kappa shape index (κ3) is 6.78. The van der Waals surface area contributed by atoms with Gasteiger partial charge >= 0.3 is 0 Å². The van der Waals surface area contributed by atoms with Crippen molar-refractivity contribution in [1.29, 1.82) is 0 Å². The third-order valence-electron chi connectivity index (χ3n) is 2.05. The summed E-state index contributed by atoms with van der Waals surface area (Å²) in [5, 5.41) is 0. The van der Waals surface area contributed by atoms with Crippen molar-refractivity contribution in [2.24, 2.45) is 15.4 Å². The Morgan fingerprint density at radius 1 is 1.07 bits per heavy atom. The lowest BCUT2D eigenvalue weighted by Gasteiger charge is -2.30. The van der Waals surface area contributed by atoms with Crippen molar-refractivity contribution in [1.82, 2.24) is 0 Å². The number of nitrogens with zero attached hydrogens (tertiary/aromatic N) is 2. The monoisotopic (exact) mass is 210 g/mol. The molecule has 15 heavy (non-hydrogen) atoms. The average Bonchev–Trinajstić information content (AvgIpc) is 2.01. The van der Waals surface area contributed by atoms with Gasteiger partial charge in [-0.25, -0.2) is 14.6 Å². The van der Waals surface area contributed by atoms with Gasteiger partial charge in [0.15, 0.2) is 0 Å². The van der Waals surface area contributed by atoms with Gasteiger partial charge in [0, 0.05) is 0 Å². The van der Waals surface area contributed by atoms with Crippen LogP contribution in [0.5, 0.6) is 0 Å². The van der Waals surface area contributed by atoms with Crippen LogP contribution < -0.4 is 0 Å². The molecule has 0 aliphatic rings. The standard InChI is InChI=1S/C11H18N2O2/c1-10(2,3)7-11(4,13-9-15)5-6-12-8-14/h5-7H2,1-4H3. The van der Waals surface area contributed by atoms with Crippen LogP contribution in [0, 0.1) is 5.41 Å². The molecule has 0 bridgehead atoms. The van der Waals surface area contributed by atoms with Crippen molar-refractivity contribution in [2.45, 2.75) is 46.1 Å². The zero-order valence-electron chi connectivity index (χ0n) is 9.83. The first-order valence-electron chi connectivity index (χ1n) is 4.96. The minimum Gasteiger partial charge on any atom is -0.211 e. The van der Waals surface area contributed by atoms with Gasteiger partial charge in [-0.1, -0.05) is 20.8 Å². The van der Waals surface area contributed by atoms with Crippen LogP contribution in [0.2, 0.25) is 0 Å². The fourth-order valence-corrected chi connectivity index (χ4v) is 1.78. The van der Waals surface area contributed by atoms with Crippen molar-refractivity contribution >= 4 is 12.2 Å². The van der Waals surface area contributed by atoms with Crippen LogP contribution in [0.3, 0.4) is 0 Å². The molecule has 0 aromatic rings. The summed E-state index contributed by atoms with van der Waals surface area (Å²) in [6.45, 7) is 8.46. The van der Waals surface area contributed by atoms with Crippen molar-refractivity contribution in [3.63, 3.8) is 0 Å². The van der Waals surface area contributed by atoms with Gasteiger partial charge in [-0.3, -0.25) is 0 Å². The molecule has 0 amide bonds. The Morgan fingerprint density at radius 2 is 1.67 bits per heavy atom. The first-order chi connectivity index (χ1) is 6.83. The molecule has 0 heterocycles. The topological polar surface area (TPSA) is 58.9 Å². The van der Waals surface area contributed by atoms with Crippen LogP contribution in [-0.2, 0) is 9.59 Å². The molecular weight excluding hydrogens is 192 g/mol. The van der Waals surface area contributed by atoms with Gasteiger partial charge in [0.1, 0.15) is 0 Å². The van der Waals surface area contributed by atoms with E-state index in [4.69, 9.17) is 0 Å². The van der Waals surface area contributed by atoms with Crippen LogP contribution >= 0.6 is 0 Å². The van der Waals surface area contributed by atoms with E-state index in [0.717, 1.165) is 6.42 Å². The number of hydrogen-bond donors (Lipinski definition) is 0. The molecule has 0 aromatic carbocycles. The van der Waals surface area contributed by atoms with E-state index in [-0.39, 0.29) is 5.41 Å². The predicted octanol–water partition coefficient (Wildman–Crippen LogP) is 2.24. The predicted molar refractivity (Wildman–Crippen MR) is 58.2 cm³/mol. The lowest BCUT2D eigenvalue weighted by Crippen LogP contribution is -2.29. The zero-order valence-corrected chi connectivity index (χ0v) is 9.83. The quantitative estimate of drug-likeness (QED) is 0.516. The Kier molecular flexibility index (Phi) is 5.13. The van der Waals surface area contributed by atoms with Crippen LogP contribution in [0.15, 0.2) is 9.98 Å². The lowest BCUT2D eigenvalue weighted by atomic mass is 9.79. The van der Waals surface area contributed by atoms with E-state index >= 15 is 0 Å². The highest BCUT2D eigenvalue weighted by Crippen LogP contribution is 2.31. The molecule has 0 aliphatic carbocycles. The SMILES string of the molecule is CC(C)(C)CC(C)(CCN=C=O)N=C=O. The second-order valence-electron chi connectivity index (χ2n) is 5.16. The minimum atomic E-state index is -0.486. The summed E-state index contributed by atoms with van der Waals surface area (Å²) in [7, 11) is 0. The zero-order chi connectivity index (χ0) is 11.9. The van der Waals surface area contributed by atoms with Crippen LogP contribution in [-0.4, -0.2) is 24.2 Å². The highest BCUT2D eigenvalue weighted by atomic mass is 16.1. The first kappa shape index (κ1) is 13.8. The molecule has 0 radical (unpaired) electrons. The molecule has 0 N–H and O–H groups in total. The average molecular weight is 210 g/mol. The molecule has 4 nitrogen and oxygen atoms in total. The van der Waals surface area contributed by atoms with Crippen molar-refractivity contribution < 1.29 is 9.59 Å².